The Labute approximate surface area is 144 Å². The molecule has 0 saturated heterocycles. The molecule has 1 unspecified atom stereocenters. The number of nitrogens with two attached hydrogens (primary N) is 1. The van der Waals surface area contributed by atoms with Crippen LogP contribution in [0.5, 0.6) is 0 Å². The third kappa shape index (κ3) is 3.94. The number of anilines is 1. The van der Waals surface area contributed by atoms with Gasteiger partial charge >= 0.3 is 0 Å². The summed E-state index contributed by atoms with van der Waals surface area (Å²) in [7, 11) is -3.31. The van der Waals surface area contributed by atoms with E-state index in [-0.39, 0.29) is 11.4 Å². The first-order valence-corrected chi connectivity index (χ1v) is 9.58. The van der Waals surface area contributed by atoms with Crippen LogP contribution in [0.2, 0.25) is 0 Å². The molecule has 3 N–H and O–H groups in total. The fourth-order valence-corrected chi connectivity index (χ4v) is 3.39. The molecule has 0 aromatic carbocycles. The number of fused-ring (bicyclic) bond motifs is 1. The van der Waals surface area contributed by atoms with Gasteiger partial charge in [0.15, 0.2) is 0 Å². The first-order chi connectivity index (χ1) is 11.7. The smallest absolute Gasteiger partial charge is 0.268 e. The van der Waals surface area contributed by atoms with Crippen LogP contribution >= 0.6 is 0 Å². The number of hydrogen-bond donors (Lipinski definition) is 2. The number of sulfone groups is 1. The van der Waals surface area contributed by atoms with E-state index in [0.717, 1.165) is 11.9 Å². The van der Waals surface area contributed by atoms with Crippen molar-refractivity contribution in [3.05, 3.63) is 35.5 Å². The normalized spacial score (nSPS) is 15.7. The largest absolute Gasteiger partial charge is 0.386 e. The number of primary amides is 1. The molecule has 0 aliphatic carbocycles. The topological polar surface area (TPSA) is 144 Å². The molecular weight excluding hydrogens is 348 g/mol. The molecule has 0 spiro atoms. The lowest BCUT2D eigenvalue weighted by atomic mass is 10.2. The van der Waals surface area contributed by atoms with Crippen LogP contribution in [-0.2, 0) is 22.9 Å². The standard InChI is InChI=1S/C14H18N6O4S/c1-25(23,24)8-12(21)10-4-9-7-19(2-3-20(9)18-10)13-6-16-5-11(17-13)14(15)22/h4-6,12,21H,2-3,7-8H2,1H3,(H2,15,22). The summed E-state index contributed by atoms with van der Waals surface area (Å²) in [6.07, 6.45) is 2.75. The van der Waals surface area contributed by atoms with E-state index in [2.05, 4.69) is 15.1 Å². The summed E-state index contributed by atoms with van der Waals surface area (Å²) in [5.74, 6) is -0.510. The lowest BCUT2D eigenvalue weighted by Crippen LogP contribution is -2.34. The predicted octanol–water partition coefficient (Wildman–Crippen LogP) is -1.13. The Morgan fingerprint density at radius 1 is 1.40 bits per heavy atom. The van der Waals surface area contributed by atoms with Gasteiger partial charge in [0.2, 0.25) is 0 Å². The summed E-state index contributed by atoms with van der Waals surface area (Å²) in [5, 5.41) is 14.3. The minimum atomic E-state index is -3.31. The highest BCUT2D eigenvalue weighted by molar-refractivity contribution is 7.90. The maximum atomic E-state index is 11.3. The highest BCUT2D eigenvalue weighted by Gasteiger charge is 2.24. The Morgan fingerprint density at radius 3 is 2.84 bits per heavy atom. The van der Waals surface area contributed by atoms with Gasteiger partial charge < -0.3 is 15.7 Å². The lowest BCUT2D eigenvalue weighted by molar-refractivity contribution is 0.0995. The predicted molar refractivity (Wildman–Crippen MR) is 88.5 cm³/mol. The van der Waals surface area contributed by atoms with Crippen molar-refractivity contribution in [1.82, 2.24) is 19.7 Å². The number of aliphatic hydroxyl groups is 1. The van der Waals surface area contributed by atoms with Gasteiger partial charge in [-0.05, 0) is 6.07 Å². The molecule has 0 fully saturated rings. The van der Waals surface area contributed by atoms with Crippen molar-refractivity contribution in [1.29, 1.82) is 0 Å². The van der Waals surface area contributed by atoms with Gasteiger partial charge in [0.1, 0.15) is 27.5 Å². The fourth-order valence-electron chi connectivity index (χ4n) is 2.65. The van der Waals surface area contributed by atoms with Gasteiger partial charge in [-0.15, -0.1) is 0 Å². The zero-order valence-electron chi connectivity index (χ0n) is 13.5. The van der Waals surface area contributed by atoms with Crippen LogP contribution < -0.4 is 10.6 Å². The number of rotatable bonds is 5. The van der Waals surface area contributed by atoms with Gasteiger partial charge in [-0.3, -0.25) is 14.5 Å². The molecule has 2 aromatic rings. The minimum absolute atomic E-state index is 0.0841. The number of aromatic nitrogens is 4. The highest BCUT2D eigenvalue weighted by Crippen LogP contribution is 2.22. The van der Waals surface area contributed by atoms with Crippen LogP contribution in [0.3, 0.4) is 0 Å². The van der Waals surface area contributed by atoms with Crippen molar-refractivity contribution in [3.8, 4) is 0 Å². The zero-order chi connectivity index (χ0) is 18.2. The quantitative estimate of drug-likeness (QED) is 0.676. The zero-order valence-corrected chi connectivity index (χ0v) is 14.3. The maximum absolute atomic E-state index is 11.3. The molecule has 0 bridgehead atoms. The highest BCUT2D eigenvalue weighted by atomic mass is 32.2. The van der Waals surface area contributed by atoms with E-state index >= 15 is 0 Å². The van der Waals surface area contributed by atoms with Gasteiger partial charge in [-0.2, -0.15) is 5.10 Å². The molecule has 11 heteroatoms. The number of aliphatic hydroxyl groups excluding tert-OH is 1. The number of hydrogen-bond acceptors (Lipinski definition) is 8. The fraction of sp³-hybridized carbons (Fsp3) is 0.429. The summed E-state index contributed by atoms with van der Waals surface area (Å²) in [6, 6.07) is 1.67. The number of carbonyl (C=O) groups excluding carboxylic acids is 1. The number of nitrogens with zero attached hydrogens (tertiary/aromatic N) is 5. The average molecular weight is 366 g/mol. The third-order valence-corrected chi connectivity index (χ3v) is 4.74. The molecule has 1 atom stereocenters. The van der Waals surface area contributed by atoms with Crippen molar-refractivity contribution in [2.24, 2.45) is 5.73 Å². The van der Waals surface area contributed by atoms with Crippen LogP contribution in [0.4, 0.5) is 5.82 Å². The summed E-state index contributed by atoms with van der Waals surface area (Å²) >= 11 is 0. The molecule has 1 aliphatic rings. The molecule has 0 saturated carbocycles. The summed E-state index contributed by atoms with van der Waals surface area (Å²) in [6.45, 7) is 1.55. The average Bonchev–Trinajstić information content (AvgIpc) is 2.96. The van der Waals surface area contributed by atoms with Crippen LogP contribution in [0.1, 0.15) is 28.0 Å². The first kappa shape index (κ1) is 17.3. The Kier molecular flexibility index (Phi) is 4.43. The number of amides is 1. The monoisotopic (exact) mass is 366 g/mol. The molecule has 134 valence electrons. The first-order valence-electron chi connectivity index (χ1n) is 7.52. The van der Waals surface area contributed by atoms with Gasteiger partial charge in [-0.1, -0.05) is 0 Å². The van der Waals surface area contributed by atoms with Crippen molar-refractivity contribution in [2.75, 3.05) is 23.5 Å². The summed E-state index contributed by atoms with van der Waals surface area (Å²) < 4.78 is 24.4. The maximum Gasteiger partial charge on any atom is 0.268 e. The Balaban J connectivity index is 1.80. The van der Waals surface area contributed by atoms with E-state index < -0.39 is 21.8 Å². The molecule has 3 heterocycles. The molecule has 10 nitrogen and oxygen atoms in total. The van der Waals surface area contributed by atoms with Gasteiger partial charge in [0.05, 0.1) is 42.6 Å². The Hall–Kier alpha value is -2.53. The van der Waals surface area contributed by atoms with E-state index in [0.29, 0.717) is 31.1 Å². The van der Waals surface area contributed by atoms with E-state index in [1.807, 2.05) is 4.90 Å². The molecule has 3 rings (SSSR count). The second kappa shape index (κ2) is 6.41. The minimum Gasteiger partial charge on any atom is -0.386 e. The van der Waals surface area contributed by atoms with E-state index in [1.165, 1.54) is 12.4 Å². The second-order valence-corrected chi connectivity index (χ2v) is 8.13. The van der Waals surface area contributed by atoms with E-state index in [9.17, 15) is 18.3 Å². The van der Waals surface area contributed by atoms with Crippen LogP contribution in [0, 0.1) is 0 Å². The Morgan fingerprint density at radius 2 is 2.16 bits per heavy atom. The van der Waals surface area contributed by atoms with Crippen molar-refractivity contribution >= 4 is 21.6 Å². The SMILES string of the molecule is CS(=O)(=O)CC(O)c1cc2n(n1)CCN(c1cncc(C(N)=O)n1)C2. The van der Waals surface area contributed by atoms with Crippen LogP contribution in [-0.4, -0.2) is 57.7 Å². The lowest BCUT2D eigenvalue weighted by Gasteiger charge is -2.28. The van der Waals surface area contributed by atoms with Crippen LogP contribution in [0.15, 0.2) is 18.5 Å². The molecule has 2 aromatic heterocycles. The molecule has 0 radical (unpaired) electrons. The van der Waals surface area contributed by atoms with Gasteiger partial charge in [0, 0.05) is 12.8 Å². The second-order valence-electron chi connectivity index (χ2n) is 5.94. The van der Waals surface area contributed by atoms with Gasteiger partial charge in [-0.25, -0.2) is 13.4 Å². The van der Waals surface area contributed by atoms with Crippen molar-refractivity contribution in [3.63, 3.8) is 0 Å². The Bertz CT molecular complexity index is 910. The molecule has 25 heavy (non-hydrogen) atoms. The third-order valence-electron chi connectivity index (χ3n) is 3.82. The molecule has 1 aliphatic heterocycles. The van der Waals surface area contributed by atoms with Crippen molar-refractivity contribution < 1.29 is 18.3 Å². The van der Waals surface area contributed by atoms with Crippen molar-refractivity contribution in [2.45, 2.75) is 19.2 Å². The summed E-state index contributed by atoms with van der Waals surface area (Å²) in [5.41, 5.74) is 6.43. The number of carbonyl (C=O) groups is 1. The van der Waals surface area contributed by atoms with Crippen LogP contribution in [0.25, 0.3) is 0 Å². The molecule has 1 amide bonds. The van der Waals surface area contributed by atoms with E-state index in [4.69, 9.17) is 5.73 Å². The molecular formula is C14H18N6O4S. The van der Waals surface area contributed by atoms with Gasteiger partial charge in [0.25, 0.3) is 5.91 Å². The summed E-state index contributed by atoms with van der Waals surface area (Å²) in [4.78, 5) is 21.3. The van der Waals surface area contributed by atoms with E-state index in [1.54, 1.807) is 10.7 Å².